The zero-order valence-corrected chi connectivity index (χ0v) is 18.3. The summed E-state index contributed by atoms with van der Waals surface area (Å²) in [6.07, 6.45) is 4.62. The highest BCUT2D eigenvalue weighted by Gasteiger charge is 2.31. The summed E-state index contributed by atoms with van der Waals surface area (Å²) in [5.41, 5.74) is 3.97. The predicted molar refractivity (Wildman–Crippen MR) is 117 cm³/mol. The summed E-state index contributed by atoms with van der Waals surface area (Å²) in [5.74, 6) is 0.120. The third-order valence-electron chi connectivity index (χ3n) is 6.54. The minimum absolute atomic E-state index is 0.0856. The maximum atomic E-state index is 12.8. The normalized spacial score (nSPS) is 18.3. The highest BCUT2D eigenvalue weighted by atomic mass is 16.5. The summed E-state index contributed by atoms with van der Waals surface area (Å²) < 4.78 is 7.80. The molecule has 0 spiro atoms. The number of hydrogen-bond donors (Lipinski definition) is 0. The zero-order chi connectivity index (χ0) is 21.3. The number of aromatic nitrogens is 1. The van der Waals surface area contributed by atoms with Gasteiger partial charge in [0.1, 0.15) is 0 Å². The fourth-order valence-corrected chi connectivity index (χ4v) is 4.71. The molecule has 2 aromatic rings. The lowest BCUT2D eigenvalue weighted by Gasteiger charge is -2.33. The molecule has 2 fully saturated rings. The maximum Gasteiger partial charge on any atom is 0.340 e. The second-order valence-electron chi connectivity index (χ2n) is 8.89. The predicted octanol–water partition coefficient (Wildman–Crippen LogP) is 4.47. The number of piperidine rings is 1. The van der Waals surface area contributed by atoms with Gasteiger partial charge < -0.3 is 14.2 Å². The highest BCUT2D eigenvalue weighted by molar-refractivity contribution is 5.93. The van der Waals surface area contributed by atoms with Crippen molar-refractivity contribution in [1.82, 2.24) is 9.47 Å². The van der Waals surface area contributed by atoms with Gasteiger partial charge in [-0.3, -0.25) is 4.79 Å². The Morgan fingerprint density at radius 2 is 1.73 bits per heavy atom. The minimum atomic E-state index is -0.757. The van der Waals surface area contributed by atoms with Crippen LogP contribution in [0.2, 0.25) is 0 Å². The molecule has 160 valence electrons. The molecule has 5 heteroatoms. The summed E-state index contributed by atoms with van der Waals surface area (Å²) in [5, 5.41) is 0. The molecular formula is C25H32N2O3. The number of nitrogens with zero attached hydrogens (tertiary/aromatic N) is 2. The van der Waals surface area contributed by atoms with Gasteiger partial charge in [0, 0.05) is 30.5 Å². The van der Waals surface area contributed by atoms with Crippen molar-refractivity contribution in [2.24, 2.45) is 5.92 Å². The van der Waals surface area contributed by atoms with Gasteiger partial charge in [0.15, 0.2) is 6.10 Å². The average Bonchev–Trinajstić information content (AvgIpc) is 3.53. The van der Waals surface area contributed by atoms with E-state index >= 15 is 0 Å². The first-order chi connectivity index (χ1) is 14.4. The van der Waals surface area contributed by atoms with Gasteiger partial charge in [-0.05, 0) is 70.4 Å². The van der Waals surface area contributed by atoms with E-state index in [-0.39, 0.29) is 5.91 Å². The van der Waals surface area contributed by atoms with Gasteiger partial charge in [-0.1, -0.05) is 30.3 Å². The number of carbonyl (C=O) groups is 2. The number of carbonyl (C=O) groups excluding carboxylic acids is 2. The first-order valence-corrected chi connectivity index (χ1v) is 11.2. The van der Waals surface area contributed by atoms with Crippen LogP contribution in [0.4, 0.5) is 0 Å². The number of rotatable bonds is 6. The van der Waals surface area contributed by atoms with Crippen LogP contribution in [-0.4, -0.2) is 40.5 Å². The van der Waals surface area contributed by atoms with E-state index in [4.69, 9.17) is 4.74 Å². The van der Waals surface area contributed by atoms with E-state index in [1.807, 2.05) is 30.9 Å². The summed E-state index contributed by atoms with van der Waals surface area (Å²) >= 11 is 0. The van der Waals surface area contributed by atoms with Gasteiger partial charge in [-0.25, -0.2) is 4.79 Å². The molecule has 2 aliphatic rings. The summed E-state index contributed by atoms with van der Waals surface area (Å²) in [4.78, 5) is 27.4. The molecule has 0 N–H and O–H groups in total. The van der Waals surface area contributed by atoms with E-state index < -0.39 is 12.1 Å². The lowest BCUT2D eigenvalue weighted by Crippen LogP contribution is -2.44. The van der Waals surface area contributed by atoms with Crippen molar-refractivity contribution in [2.45, 2.75) is 65.0 Å². The van der Waals surface area contributed by atoms with Crippen LogP contribution < -0.4 is 0 Å². The van der Waals surface area contributed by atoms with Crippen LogP contribution in [0.1, 0.15) is 66.0 Å². The van der Waals surface area contributed by atoms with Crippen LogP contribution in [0, 0.1) is 19.8 Å². The topological polar surface area (TPSA) is 51.5 Å². The molecule has 30 heavy (non-hydrogen) atoms. The molecule has 0 bridgehead atoms. The summed E-state index contributed by atoms with van der Waals surface area (Å²) in [7, 11) is 0. The Balaban J connectivity index is 1.30. The molecule has 1 aromatic heterocycles. The zero-order valence-electron chi connectivity index (χ0n) is 18.3. The van der Waals surface area contributed by atoms with E-state index in [9.17, 15) is 9.59 Å². The monoisotopic (exact) mass is 408 g/mol. The molecule has 1 aliphatic carbocycles. The average molecular weight is 409 g/mol. The van der Waals surface area contributed by atoms with Gasteiger partial charge in [0.2, 0.25) is 0 Å². The van der Waals surface area contributed by atoms with Gasteiger partial charge in [-0.2, -0.15) is 0 Å². The molecule has 5 nitrogen and oxygen atoms in total. The Hall–Kier alpha value is -2.56. The van der Waals surface area contributed by atoms with Crippen LogP contribution in [0.3, 0.4) is 0 Å². The van der Waals surface area contributed by atoms with Crippen LogP contribution >= 0.6 is 0 Å². The fourth-order valence-electron chi connectivity index (χ4n) is 4.71. The van der Waals surface area contributed by atoms with Gasteiger partial charge in [0.25, 0.3) is 5.91 Å². The van der Waals surface area contributed by atoms with E-state index in [1.54, 1.807) is 6.92 Å². The van der Waals surface area contributed by atoms with Gasteiger partial charge in [0.05, 0.1) is 5.56 Å². The van der Waals surface area contributed by atoms with Crippen LogP contribution in [0.25, 0.3) is 0 Å². The second-order valence-corrected chi connectivity index (χ2v) is 8.89. The van der Waals surface area contributed by atoms with Gasteiger partial charge in [-0.15, -0.1) is 0 Å². The van der Waals surface area contributed by atoms with E-state index in [1.165, 1.54) is 18.4 Å². The number of benzene rings is 1. The number of amides is 1. The number of ether oxygens (including phenoxy) is 1. The maximum absolute atomic E-state index is 12.8. The number of hydrogen-bond acceptors (Lipinski definition) is 3. The Morgan fingerprint density at radius 3 is 2.37 bits per heavy atom. The standard InChI is InChI=1S/C25H32N2O3/c1-17-15-23(18(2)27(17)22-9-10-22)25(29)30-19(3)24(28)26-13-11-21(12-14-26)16-20-7-5-4-6-8-20/h4-8,15,19,21-22H,9-14,16H2,1-3H3/t19-/m0/s1. The van der Waals surface area contributed by atoms with Crippen molar-refractivity contribution in [1.29, 1.82) is 0 Å². The minimum Gasteiger partial charge on any atom is -0.449 e. The van der Waals surface area contributed by atoms with E-state index in [2.05, 4.69) is 28.8 Å². The molecule has 1 amide bonds. The van der Waals surface area contributed by atoms with Gasteiger partial charge >= 0.3 is 5.97 Å². The molecule has 0 radical (unpaired) electrons. The third-order valence-corrected chi connectivity index (χ3v) is 6.54. The van der Waals surface area contributed by atoms with Crippen LogP contribution in [-0.2, 0) is 16.0 Å². The summed E-state index contributed by atoms with van der Waals surface area (Å²) in [6.45, 7) is 7.14. The molecule has 0 unspecified atom stereocenters. The van der Waals surface area contributed by atoms with Crippen LogP contribution in [0.15, 0.2) is 36.4 Å². The quantitative estimate of drug-likeness (QED) is 0.663. The number of esters is 1. The molecule has 1 saturated heterocycles. The third kappa shape index (κ3) is 4.45. The smallest absolute Gasteiger partial charge is 0.340 e. The Labute approximate surface area is 179 Å². The Bertz CT molecular complexity index is 906. The number of likely N-dealkylation sites (tertiary alicyclic amines) is 1. The van der Waals surface area contributed by atoms with Crippen LogP contribution in [0.5, 0.6) is 0 Å². The van der Waals surface area contributed by atoms with E-state index in [0.29, 0.717) is 17.5 Å². The summed E-state index contributed by atoms with van der Waals surface area (Å²) in [6, 6.07) is 12.9. The van der Waals surface area contributed by atoms with Crippen molar-refractivity contribution in [3.63, 3.8) is 0 Å². The van der Waals surface area contributed by atoms with Crippen molar-refractivity contribution < 1.29 is 14.3 Å². The molecule has 1 saturated carbocycles. The second kappa shape index (κ2) is 8.66. The van der Waals surface area contributed by atoms with Crippen molar-refractivity contribution >= 4 is 11.9 Å². The Morgan fingerprint density at radius 1 is 1.07 bits per heavy atom. The largest absolute Gasteiger partial charge is 0.449 e. The molecule has 1 aromatic carbocycles. The molecular weight excluding hydrogens is 376 g/mol. The highest BCUT2D eigenvalue weighted by Crippen LogP contribution is 2.38. The first-order valence-electron chi connectivity index (χ1n) is 11.2. The van der Waals surface area contributed by atoms with Crippen molar-refractivity contribution in [3.8, 4) is 0 Å². The van der Waals surface area contributed by atoms with E-state index in [0.717, 1.165) is 43.7 Å². The number of aryl methyl sites for hydroxylation is 1. The lowest BCUT2D eigenvalue weighted by atomic mass is 9.90. The molecule has 4 rings (SSSR count). The first kappa shape index (κ1) is 20.7. The fraction of sp³-hybridized carbons (Fsp3) is 0.520. The SMILES string of the molecule is Cc1cc(C(=O)O[C@@H](C)C(=O)N2CCC(Cc3ccccc3)CC2)c(C)n1C1CC1. The molecule has 2 heterocycles. The Kier molecular flexibility index (Phi) is 5.98. The molecule has 1 atom stereocenters. The molecule has 1 aliphatic heterocycles. The van der Waals surface area contributed by atoms with Crippen molar-refractivity contribution in [3.05, 3.63) is 58.9 Å². The van der Waals surface area contributed by atoms with Crippen molar-refractivity contribution in [2.75, 3.05) is 13.1 Å². The lowest BCUT2D eigenvalue weighted by molar-refractivity contribution is -0.141.